The van der Waals surface area contributed by atoms with Crippen molar-refractivity contribution in [2.45, 2.75) is 52.1 Å². The van der Waals surface area contributed by atoms with Crippen LogP contribution in [0.2, 0.25) is 0 Å². The molecular weight excluding hydrogens is 196 g/mol. The molecule has 4 N–H and O–H groups in total. The number of hydrogen-bond donors (Lipinski definition) is 2. The molecule has 0 bridgehead atoms. The Morgan fingerprint density at radius 1 is 1.25 bits per heavy atom. The zero-order valence-corrected chi connectivity index (χ0v) is 10.9. The Hall–Kier alpha value is -0.860. The van der Waals surface area contributed by atoms with Crippen molar-refractivity contribution < 1.29 is 0 Å². The minimum atomic E-state index is -0.129. The largest absolute Gasteiger partial charge is 0.326 e. The maximum absolute atomic E-state index is 6.20. The molecule has 0 aromatic heterocycles. The molecule has 0 aliphatic rings. The monoisotopic (exact) mass is 220 g/mol. The summed E-state index contributed by atoms with van der Waals surface area (Å²) in [6.45, 7) is 8.31. The molecular formula is C14H24N2. The predicted octanol–water partition coefficient (Wildman–Crippen LogP) is 2.82. The van der Waals surface area contributed by atoms with E-state index in [0.717, 1.165) is 12.8 Å². The maximum Gasteiger partial charge on any atom is 0.0298 e. The van der Waals surface area contributed by atoms with Gasteiger partial charge in [-0.3, -0.25) is 0 Å². The van der Waals surface area contributed by atoms with E-state index in [1.807, 2.05) is 13.8 Å². The van der Waals surface area contributed by atoms with Crippen molar-refractivity contribution in [1.29, 1.82) is 0 Å². The summed E-state index contributed by atoms with van der Waals surface area (Å²) < 4.78 is 0. The number of nitrogens with two attached hydrogens (primary N) is 2. The minimum absolute atomic E-state index is 0.100. The Balaban J connectivity index is 2.70. The first kappa shape index (κ1) is 13.2. The Kier molecular flexibility index (Phi) is 4.11. The molecule has 16 heavy (non-hydrogen) atoms. The van der Waals surface area contributed by atoms with Crippen molar-refractivity contribution in [3.63, 3.8) is 0 Å². The summed E-state index contributed by atoms with van der Waals surface area (Å²) in [7, 11) is 0. The molecule has 0 aliphatic heterocycles. The van der Waals surface area contributed by atoms with Gasteiger partial charge in [-0.25, -0.2) is 0 Å². The first-order chi connectivity index (χ1) is 7.29. The van der Waals surface area contributed by atoms with Gasteiger partial charge in [0.15, 0.2) is 0 Å². The lowest BCUT2D eigenvalue weighted by atomic mass is 9.91. The summed E-state index contributed by atoms with van der Waals surface area (Å²) in [5, 5.41) is 0. The van der Waals surface area contributed by atoms with Crippen LogP contribution in [0.25, 0.3) is 0 Å². The van der Waals surface area contributed by atoms with Crippen LogP contribution >= 0.6 is 0 Å². The highest BCUT2D eigenvalue weighted by Gasteiger charge is 2.15. The zero-order chi connectivity index (χ0) is 12.3. The maximum atomic E-state index is 6.20. The second-order valence-corrected chi connectivity index (χ2v) is 5.49. The summed E-state index contributed by atoms with van der Waals surface area (Å²) in [6, 6.07) is 6.54. The normalized spacial score (nSPS) is 13.9. The summed E-state index contributed by atoms with van der Waals surface area (Å²) in [6.07, 6.45) is 1.88. The molecule has 0 amide bonds. The molecule has 0 spiro atoms. The van der Waals surface area contributed by atoms with Crippen molar-refractivity contribution >= 4 is 0 Å². The number of benzene rings is 1. The molecule has 1 atom stereocenters. The van der Waals surface area contributed by atoms with Gasteiger partial charge < -0.3 is 11.5 Å². The summed E-state index contributed by atoms with van der Waals surface area (Å²) in [5.41, 5.74) is 15.8. The zero-order valence-electron chi connectivity index (χ0n) is 10.9. The first-order valence-electron chi connectivity index (χ1n) is 5.91. The van der Waals surface area contributed by atoms with Crippen molar-refractivity contribution in [3.8, 4) is 0 Å². The lowest BCUT2D eigenvalue weighted by Crippen LogP contribution is -2.32. The Bertz CT molecular complexity index is 350. The highest BCUT2D eigenvalue weighted by atomic mass is 14.7. The predicted molar refractivity (Wildman–Crippen MR) is 70.3 cm³/mol. The molecule has 0 saturated carbocycles. The topological polar surface area (TPSA) is 52.0 Å². The minimum Gasteiger partial charge on any atom is -0.326 e. The average Bonchev–Trinajstić information content (AvgIpc) is 2.13. The van der Waals surface area contributed by atoms with E-state index in [4.69, 9.17) is 11.5 Å². The van der Waals surface area contributed by atoms with Gasteiger partial charge in [0.25, 0.3) is 0 Å². The second-order valence-electron chi connectivity index (χ2n) is 5.49. The lowest BCUT2D eigenvalue weighted by Gasteiger charge is -2.22. The van der Waals surface area contributed by atoms with E-state index >= 15 is 0 Å². The third kappa shape index (κ3) is 3.95. The molecule has 0 saturated heterocycles. The summed E-state index contributed by atoms with van der Waals surface area (Å²) >= 11 is 0. The van der Waals surface area contributed by atoms with Gasteiger partial charge in [-0.15, -0.1) is 0 Å². The molecule has 2 nitrogen and oxygen atoms in total. The molecule has 1 aromatic carbocycles. The van der Waals surface area contributed by atoms with E-state index in [2.05, 4.69) is 32.0 Å². The molecule has 1 rings (SSSR count). The van der Waals surface area contributed by atoms with Gasteiger partial charge in [0.1, 0.15) is 0 Å². The molecule has 0 heterocycles. The standard InChI is InChI=1S/C14H24N2/c1-10-5-6-12(11(2)9-10)13(15)7-8-14(3,4)16/h5-6,9,13H,7-8,15-16H2,1-4H3. The number of hydrogen-bond acceptors (Lipinski definition) is 2. The molecule has 1 aromatic rings. The molecule has 0 fully saturated rings. The molecule has 0 aliphatic carbocycles. The van der Waals surface area contributed by atoms with Crippen molar-refractivity contribution in [2.75, 3.05) is 0 Å². The van der Waals surface area contributed by atoms with Gasteiger partial charge in [0.2, 0.25) is 0 Å². The lowest BCUT2D eigenvalue weighted by molar-refractivity contribution is 0.433. The molecule has 2 heteroatoms. The summed E-state index contributed by atoms with van der Waals surface area (Å²) in [4.78, 5) is 0. The highest BCUT2D eigenvalue weighted by Crippen LogP contribution is 2.23. The van der Waals surface area contributed by atoms with E-state index in [1.54, 1.807) is 0 Å². The average molecular weight is 220 g/mol. The smallest absolute Gasteiger partial charge is 0.0298 e. The third-order valence-corrected chi connectivity index (χ3v) is 2.92. The van der Waals surface area contributed by atoms with Crippen LogP contribution in [0.1, 0.15) is 49.4 Å². The highest BCUT2D eigenvalue weighted by molar-refractivity contribution is 5.32. The third-order valence-electron chi connectivity index (χ3n) is 2.92. The summed E-state index contributed by atoms with van der Waals surface area (Å²) in [5.74, 6) is 0. The van der Waals surface area contributed by atoms with Crippen LogP contribution in [-0.2, 0) is 0 Å². The van der Waals surface area contributed by atoms with E-state index in [9.17, 15) is 0 Å². The number of rotatable bonds is 4. The Morgan fingerprint density at radius 2 is 1.88 bits per heavy atom. The SMILES string of the molecule is Cc1ccc(C(N)CCC(C)(C)N)c(C)c1. The van der Waals surface area contributed by atoms with Crippen LogP contribution in [0.3, 0.4) is 0 Å². The Labute approximate surface area is 99.0 Å². The van der Waals surface area contributed by atoms with E-state index in [0.29, 0.717) is 0 Å². The molecule has 0 radical (unpaired) electrons. The second kappa shape index (κ2) is 4.98. The van der Waals surface area contributed by atoms with Gasteiger partial charge in [0, 0.05) is 11.6 Å². The van der Waals surface area contributed by atoms with Crippen LogP contribution in [0.5, 0.6) is 0 Å². The van der Waals surface area contributed by atoms with Crippen LogP contribution in [0, 0.1) is 13.8 Å². The fourth-order valence-electron chi connectivity index (χ4n) is 1.92. The van der Waals surface area contributed by atoms with E-state index in [-0.39, 0.29) is 11.6 Å². The number of aryl methyl sites for hydroxylation is 2. The van der Waals surface area contributed by atoms with Gasteiger partial charge >= 0.3 is 0 Å². The van der Waals surface area contributed by atoms with Crippen molar-refractivity contribution in [2.24, 2.45) is 11.5 Å². The van der Waals surface area contributed by atoms with Gasteiger partial charge in [-0.1, -0.05) is 23.8 Å². The van der Waals surface area contributed by atoms with Crippen LogP contribution in [0.15, 0.2) is 18.2 Å². The van der Waals surface area contributed by atoms with Crippen molar-refractivity contribution in [3.05, 3.63) is 34.9 Å². The first-order valence-corrected chi connectivity index (χ1v) is 5.91. The van der Waals surface area contributed by atoms with Crippen LogP contribution in [-0.4, -0.2) is 5.54 Å². The van der Waals surface area contributed by atoms with Crippen LogP contribution in [0.4, 0.5) is 0 Å². The van der Waals surface area contributed by atoms with Gasteiger partial charge in [-0.05, 0) is 51.7 Å². The van der Waals surface area contributed by atoms with E-state index in [1.165, 1.54) is 16.7 Å². The van der Waals surface area contributed by atoms with Gasteiger partial charge in [0.05, 0.1) is 0 Å². The fourth-order valence-corrected chi connectivity index (χ4v) is 1.92. The van der Waals surface area contributed by atoms with E-state index < -0.39 is 0 Å². The molecule has 1 unspecified atom stereocenters. The Morgan fingerprint density at radius 3 is 2.38 bits per heavy atom. The van der Waals surface area contributed by atoms with Crippen molar-refractivity contribution in [1.82, 2.24) is 0 Å². The molecule has 90 valence electrons. The fraction of sp³-hybridized carbons (Fsp3) is 0.571. The van der Waals surface area contributed by atoms with Gasteiger partial charge in [-0.2, -0.15) is 0 Å². The quantitative estimate of drug-likeness (QED) is 0.819. The van der Waals surface area contributed by atoms with Crippen LogP contribution < -0.4 is 11.5 Å².